The third-order valence-electron chi connectivity index (χ3n) is 7.12. The summed E-state index contributed by atoms with van der Waals surface area (Å²) in [5.41, 5.74) is 1.49. The summed E-state index contributed by atoms with van der Waals surface area (Å²) < 4.78 is 26.0. The highest BCUT2D eigenvalue weighted by Crippen LogP contribution is 2.43. The van der Waals surface area contributed by atoms with Crippen LogP contribution in [0.3, 0.4) is 0 Å². The highest BCUT2D eigenvalue weighted by Gasteiger charge is 2.41. The molecule has 0 saturated heterocycles. The highest BCUT2D eigenvalue weighted by molar-refractivity contribution is 5.70. The second-order valence-corrected chi connectivity index (χ2v) is 9.83. The predicted molar refractivity (Wildman–Crippen MR) is 132 cm³/mol. The Kier molecular flexibility index (Phi) is 7.31. The van der Waals surface area contributed by atoms with E-state index >= 15 is 0 Å². The van der Waals surface area contributed by atoms with Crippen molar-refractivity contribution in [2.75, 3.05) is 5.32 Å². The van der Waals surface area contributed by atoms with Gasteiger partial charge < -0.3 is 15.5 Å². The van der Waals surface area contributed by atoms with Gasteiger partial charge in [-0.2, -0.15) is 0 Å². The summed E-state index contributed by atoms with van der Waals surface area (Å²) in [4.78, 5) is 24.7. The lowest BCUT2D eigenvalue weighted by Crippen LogP contribution is -2.39. The molecule has 9 heteroatoms. The van der Waals surface area contributed by atoms with Crippen molar-refractivity contribution in [2.24, 2.45) is 17.8 Å². The van der Waals surface area contributed by atoms with Gasteiger partial charge in [0.05, 0.1) is 17.3 Å². The molecule has 1 aliphatic rings. The summed E-state index contributed by atoms with van der Waals surface area (Å²) >= 11 is 0. The van der Waals surface area contributed by atoms with E-state index in [1.807, 2.05) is 26.0 Å². The Morgan fingerprint density at radius 3 is 2.56 bits per heavy atom. The van der Waals surface area contributed by atoms with Crippen molar-refractivity contribution in [3.63, 3.8) is 0 Å². The van der Waals surface area contributed by atoms with Gasteiger partial charge in [0, 0.05) is 23.5 Å². The smallest absolute Gasteiger partial charge is 0.306 e. The molecule has 0 radical (unpaired) electrons. The summed E-state index contributed by atoms with van der Waals surface area (Å²) in [7, 11) is 0. The molecule has 3 N–H and O–H groups in total. The van der Waals surface area contributed by atoms with Gasteiger partial charge in [0.15, 0.2) is 0 Å². The van der Waals surface area contributed by atoms with Gasteiger partial charge >= 0.3 is 5.97 Å². The first-order valence-electron chi connectivity index (χ1n) is 12.0. The molecule has 4 rings (SSSR count). The van der Waals surface area contributed by atoms with Gasteiger partial charge in [-0.1, -0.05) is 6.92 Å². The van der Waals surface area contributed by atoms with Crippen molar-refractivity contribution in [3.05, 3.63) is 65.6 Å². The summed E-state index contributed by atoms with van der Waals surface area (Å²) in [5, 5.41) is 23.7. The van der Waals surface area contributed by atoms with Crippen LogP contribution in [0.15, 0.2) is 48.8 Å². The van der Waals surface area contributed by atoms with Crippen molar-refractivity contribution in [1.82, 2.24) is 15.0 Å². The van der Waals surface area contributed by atoms with E-state index < -0.39 is 18.0 Å². The largest absolute Gasteiger partial charge is 0.481 e. The standard InChI is InChI=1S/C27H30F2N4O3/c1-15-10-21(32-24(11-15)33-23-13-17(25(28)29)8-9-30-23)18-4-7-22(31-14-18)27(3,36)19-5-6-20(26(34)35)16(2)12-19/h4,7-11,13-14,16,19-20,25,36H,5-6,12H2,1-3H3,(H,34,35)(H,30,32,33). The van der Waals surface area contributed by atoms with Crippen LogP contribution in [0.1, 0.15) is 56.4 Å². The number of aliphatic carboxylic acids is 1. The average Bonchev–Trinajstić information content (AvgIpc) is 2.83. The van der Waals surface area contributed by atoms with E-state index in [0.29, 0.717) is 36.5 Å². The van der Waals surface area contributed by atoms with Crippen molar-refractivity contribution in [3.8, 4) is 11.3 Å². The lowest BCUT2D eigenvalue weighted by atomic mass is 9.68. The summed E-state index contributed by atoms with van der Waals surface area (Å²) in [6.45, 7) is 5.56. The zero-order valence-corrected chi connectivity index (χ0v) is 20.4. The molecule has 1 fully saturated rings. The van der Waals surface area contributed by atoms with E-state index in [-0.39, 0.29) is 29.1 Å². The lowest BCUT2D eigenvalue weighted by Gasteiger charge is -2.39. The number of nitrogens with one attached hydrogen (secondary N) is 1. The molecule has 1 saturated carbocycles. The van der Waals surface area contributed by atoms with Gasteiger partial charge in [0.25, 0.3) is 6.43 Å². The molecule has 3 heterocycles. The zero-order chi connectivity index (χ0) is 26.0. The molecule has 4 unspecified atom stereocenters. The zero-order valence-electron chi connectivity index (χ0n) is 20.4. The normalized spacial score (nSPS) is 21.7. The average molecular weight is 497 g/mol. The van der Waals surface area contributed by atoms with Crippen LogP contribution < -0.4 is 5.32 Å². The van der Waals surface area contributed by atoms with E-state index in [1.54, 1.807) is 25.3 Å². The van der Waals surface area contributed by atoms with Crippen LogP contribution in [0.5, 0.6) is 0 Å². The number of halogens is 2. The van der Waals surface area contributed by atoms with Gasteiger partial charge in [0.2, 0.25) is 0 Å². The number of hydrogen-bond acceptors (Lipinski definition) is 6. The van der Waals surface area contributed by atoms with Gasteiger partial charge in [-0.05, 0) is 86.9 Å². The number of carbonyl (C=O) groups is 1. The topological polar surface area (TPSA) is 108 Å². The molecular formula is C27H30F2N4O3. The fourth-order valence-electron chi connectivity index (χ4n) is 4.99. The third kappa shape index (κ3) is 5.51. The quantitative estimate of drug-likeness (QED) is 0.375. The van der Waals surface area contributed by atoms with E-state index in [9.17, 15) is 23.8 Å². The van der Waals surface area contributed by atoms with Crippen LogP contribution in [0.2, 0.25) is 0 Å². The fraction of sp³-hybridized carbons (Fsp3) is 0.407. The number of aromatic nitrogens is 3. The molecular weight excluding hydrogens is 466 g/mol. The van der Waals surface area contributed by atoms with Crippen molar-refractivity contribution < 1.29 is 23.8 Å². The molecule has 3 aromatic heterocycles. The molecule has 0 amide bonds. The van der Waals surface area contributed by atoms with Crippen molar-refractivity contribution in [2.45, 2.75) is 52.1 Å². The maximum Gasteiger partial charge on any atom is 0.306 e. The van der Waals surface area contributed by atoms with E-state index in [0.717, 1.165) is 11.1 Å². The minimum absolute atomic E-state index is 0.0229. The first-order valence-corrected chi connectivity index (χ1v) is 12.0. The van der Waals surface area contributed by atoms with Gasteiger partial charge in [-0.25, -0.2) is 18.7 Å². The van der Waals surface area contributed by atoms with E-state index in [2.05, 4.69) is 20.3 Å². The number of aliphatic hydroxyl groups is 1. The Bertz CT molecular complexity index is 1230. The summed E-state index contributed by atoms with van der Waals surface area (Å²) in [5.74, 6) is -0.538. The minimum atomic E-state index is -2.59. The highest BCUT2D eigenvalue weighted by atomic mass is 19.3. The van der Waals surface area contributed by atoms with Crippen LogP contribution in [0.25, 0.3) is 11.3 Å². The Labute approximate surface area is 208 Å². The van der Waals surface area contributed by atoms with Crippen LogP contribution in [-0.4, -0.2) is 31.1 Å². The molecule has 0 spiro atoms. The Balaban J connectivity index is 1.53. The summed E-state index contributed by atoms with van der Waals surface area (Å²) in [6.07, 6.45) is 2.15. The molecule has 190 valence electrons. The van der Waals surface area contributed by atoms with Gasteiger partial charge in [-0.3, -0.25) is 9.78 Å². The number of carboxylic acid groups (broad SMARTS) is 1. The van der Waals surface area contributed by atoms with E-state index in [4.69, 9.17) is 0 Å². The first-order chi connectivity index (χ1) is 17.0. The molecule has 3 aromatic rings. The lowest BCUT2D eigenvalue weighted by molar-refractivity contribution is -0.146. The number of pyridine rings is 3. The molecule has 0 aromatic carbocycles. The van der Waals surface area contributed by atoms with Crippen LogP contribution >= 0.6 is 0 Å². The van der Waals surface area contributed by atoms with Gasteiger partial charge in [0.1, 0.15) is 17.2 Å². The Morgan fingerprint density at radius 1 is 1.14 bits per heavy atom. The molecule has 0 bridgehead atoms. The Hall–Kier alpha value is -3.46. The van der Waals surface area contributed by atoms with Crippen LogP contribution in [0, 0.1) is 24.7 Å². The molecule has 0 aliphatic heterocycles. The minimum Gasteiger partial charge on any atom is -0.481 e. The molecule has 7 nitrogen and oxygen atoms in total. The predicted octanol–water partition coefficient (Wildman–Crippen LogP) is 5.87. The fourth-order valence-corrected chi connectivity index (χ4v) is 4.99. The van der Waals surface area contributed by atoms with Crippen molar-refractivity contribution >= 4 is 17.6 Å². The third-order valence-corrected chi connectivity index (χ3v) is 7.12. The number of carboxylic acids is 1. The van der Waals surface area contributed by atoms with Crippen LogP contribution in [-0.2, 0) is 10.4 Å². The SMILES string of the molecule is Cc1cc(Nc2cc(C(F)F)ccn2)nc(-c2ccc(C(C)(O)C3CCC(C(=O)O)C(C)C3)nc2)c1. The second kappa shape index (κ2) is 10.3. The molecule has 4 atom stereocenters. The first kappa shape index (κ1) is 25.6. The second-order valence-electron chi connectivity index (χ2n) is 9.83. The number of nitrogens with zero attached hydrogens (tertiary/aromatic N) is 3. The maximum absolute atomic E-state index is 13.0. The van der Waals surface area contributed by atoms with E-state index in [1.165, 1.54) is 18.3 Å². The summed E-state index contributed by atoms with van der Waals surface area (Å²) in [6, 6.07) is 9.85. The number of anilines is 2. The number of alkyl halides is 2. The number of rotatable bonds is 7. The van der Waals surface area contributed by atoms with Gasteiger partial charge in [-0.15, -0.1) is 0 Å². The monoisotopic (exact) mass is 496 g/mol. The molecule has 36 heavy (non-hydrogen) atoms. The molecule has 1 aliphatic carbocycles. The Morgan fingerprint density at radius 2 is 1.92 bits per heavy atom. The van der Waals surface area contributed by atoms with Crippen molar-refractivity contribution in [1.29, 1.82) is 0 Å². The number of aryl methyl sites for hydroxylation is 1. The maximum atomic E-state index is 13.0. The van der Waals surface area contributed by atoms with Crippen LogP contribution in [0.4, 0.5) is 20.4 Å². The number of hydrogen-bond donors (Lipinski definition) is 3.